The van der Waals surface area contributed by atoms with Gasteiger partial charge in [-0.3, -0.25) is 4.21 Å². The smallest absolute Gasteiger partial charge is 0.0832 e. The van der Waals surface area contributed by atoms with Gasteiger partial charge in [-0.05, 0) is 215 Å². The molecule has 0 N–H and O–H groups in total. The van der Waals surface area contributed by atoms with Gasteiger partial charge in [0.05, 0.1) is 38.7 Å². The number of likely N-dealkylation sites (tertiary alicyclic amines) is 2. The van der Waals surface area contributed by atoms with E-state index >= 15 is 0 Å². The highest BCUT2D eigenvalue weighted by atomic mass is 32.2. The fraction of sp³-hybridized carbons (Fsp3) is 0.957. The molecule has 1 atom stereocenters. The van der Waals surface area contributed by atoms with Crippen LogP contribution in [0.2, 0.25) is 0 Å². The lowest BCUT2D eigenvalue weighted by Gasteiger charge is -2.35. The first-order valence-corrected chi connectivity index (χ1v) is 34.2. The normalized spacial score (nSPS) is 17.1. The van der Waals surface area contributed by atoms with Crippen molar-refractivity contribution in [3.8, 4) is 0 Å². The molecule has 79 heavy (non-hydrogen) atoms. The van der Waals surface area contributed by atoms with E-state index < -0.39 is 9.52 Å². The molecule has 0 amide bonds. The van der Waals surface area contributed by atoms with E-state index in [0.29, 0.717) is 71.2 Å². The maximum absolute atomic E-state index is 12.4. The lowest BCUT2D eigenvalue weighted by molar-refractivity contribution is 0.0493. The summed E-state index contributed by atoms with van der Waals surface area (Å²) in [7, 11) is -2.13. The zero-order chi connectivity index (χ0) is 60.8. The molecule has 2 aliphatic heterocycles. The van der Waals surface area contributed by atoms with Gasteiger partial charge in [0, 0.05) is 29.9 Å². The largest absolute Gasteiger partial charge is 0.381 e. The van der Waals surface area contributed by atoms with E-state index in [0.717, 1.165) is 50.0 Å². The highest BCUT2D eigenvalue weighted by molar-refractivity contribution is 8.01. The first-order valence-electron chi connectivity index (χ1n) is 32.3. The number of hydrogen-bond donors (Lipinski definition) is 0. The standard InChI is InChI=1S/C20H41N.C19H39N.C18H35N3O3S.C12H26O/c1-19(2,3)13-8-7-9-15-21-16-11-18(12-17-21)10-14-20(4,5)6;1-18(2,3)12-8-7-9-13-20-14-10-17(11-15-20)16-19(4,5)6;1-17(2,3)14-16-15-21(20-19-16)8-9-23-10-11-24-12-13-25(7,22)18(4,5)6;1-11(2,3)7-9-13-10-8-12(4,5)6/h18H,7-17H2,1-6H3;17H,7-16H2,1-6H3;15H,7-14H2,1-6H3;7-10H2,1-6H3. The Labute approximate surface area is 495 Å². The number of hydrogen-bond acceptors (Lipinski definition) is 8. The van der Waals surface area contributed by atoms with E-state index in [1.165, 1.54) is 136 Å². The van der Waals surface area contributed by atoms with Crippen molar-refractivity contribution in [2.45, 2.75) is 293 Å². The van der Waals surface area contributed by atoms with Crippen LogP contribution in [0.4, 0.5) is 0 Å². The quantitative estimate of drug-likeness (QED) is 0.0637. The fourth-order valence-electron chi connectivity index (χ4n) is 9.66. The predicted octanol–water partition coefficient (Wildman–Crippen LogP) is 18.2. The summed E-state index contributed by atoms with van der Waals surface area (Å²) in [5.74, 6) is 6.31. The summed E-state index contributed by atoms with van der Waals surface area (Å²) in [6.07, 6.45) is 26.4. The third kappa shape index (κ3) is 50.0. The van der Waals surface area contributed by atoms with Crippen LogP contribution in [-0.4, -0.2) is 124 Å². The number of piperidine rings is 2. The molecule has 2 fully saturated rings. The molecular weight excluding hydrogens is 995 g/mol. The SMILES string of the molecule is C=S(=O)(CCOCCOCCn1cc(CC(C)(C)C)nn1)C(C)(C)C.CC(C)(C)CCCCCN1CCC(CC(C)(C)C)CC1.CC(C)(C)CCCCCN1CCC(CCC(C)(C)C)CC1.CC(C)(C)CCOCCC(C)(C)C. The van der Waals surface area contributed by atoms with Gasteiger partial charge in [0.2, 0.25) is 0 Å². The van der Waals surface area contributed by atoms with Crippen molar-refractivity contribution in [2.75, 3.05) is 84.7 Å². The van der Waals surface area contributed by atoms with E-state index in [1.807, 2.05) is 31.6 Å². The molecule has 0 saturated carbocycles. The summed E-state index contributed by atoms with van der Waals surface area (Å²) in [6.45, 7) is 66.9. The molecule has 1 aromatic heterocycles. The molecule has 1 unspecified atom stereocenters. The molecule has 3 rings (SSSR count). The van der Waals surface area contributed by atoms with Gasteiger partial charge < -0.3 is 24.0 Å². The second-order valence-electron chi connectivity index (χ2n) is 34.0. The maximum atomic E-state index is 12.4. The Morgan fingerprint density at radius 3 is 1.27 bits per heavy atom. The number of unbranched alkanes of at least 4 members (excludes halogenated alkanes) is 4. The van der Waals surface area contributed by atoms with Gasteiger partial charge in [-0.25, -0.2) is 4.68 Å². The van der Waals surface area contributed by atoms with Crippen LogP contribution in [-0.2, 0) is 36.7 Å². The molecule has 9 nitrogen and oxygen atoms in total. The minimum absolute atomic E-state index is 0.207. The van der Waals surface area contributed by atoms with Gasteiger partial charge in [0.15, 0.2) is 0 Å². The van der Waals surface area contributed by atoms with Crippen LogP contribution in [0.25, 0.3) is 0 Å². The fourth-order valence-corrected chi connectivity index (χ4v) is 10.7. The predicted molar refractivity (Wildman–Crippen MR) is 351 cm³/mol. The Morgan fingerprint density at radius 2 is 0.873 bits per heavy atom. The lowest BCUT2D eigenvalue weighted by Crippen LogP contribution is -2.35. The van der Waals surface area contributed by atoms with E-state index in [1.54, 1.807) is 0 Å². The Hall–Kier alpha value is -1.04. The first kappa shape index (κ1) is 78.0. The van der Waals surface area contributed by atoms with E-state index in [9.17, 15) is 4.21 Å². The van der Waals surface area contributed by atoms with Gasteiger partial charge in [-0.1, -0.05) is 176 Å². The van der Waals surface area contributed by atoms with Gasteiger partial charge in [0.25, 0.3) is 0 Å². The molecule has 2 saturated heterocycles. The van der Waals surface area contributed by atoms with Crippen molar-refractivity contribution in [1.29, 1.82) is 0 Å². The van der Waals surface area contributed by atoms with Gasteiger partial charge in [-0.2, -0.15) is 0 Å². The Balaban J connectivity index is 0.00000105. The molecule has 0 radical (unpaired) electrons. The van der Waals surface area contributed by atoms with Crippen LogP contribution in [0.1, 0.15) is 281 Å². The van der Waals surface area contributed by atoms with Crippen LogP contribution in [0.15, 0.2) is 6.20 Å². The molecule has 0 aliphatic carbocycles. The van der Waals surface area contributed by atoms with Gasteiger partial charge >= 0.3 is 0 Å². The van der Waals surface area contributed by atoms with Crippen molar-refractivity contribution in [1.82, 2.24) is 24.8 Å². The molecule has 1 aromatic rings. The highest BCUT2D eigenvalue weighted by Gasteiger charge is 2.25. The summed E-state index contributed by atoms with van der Waals surface area (Å²) in [4.78, 5) is 5.42. The van der Waals surface area contributed by atoms with Crippen LogP contribution >= 0.6 is 0 Å². The van der Waals surface area contributed by atoms with Crippen molar-refractivity contribution in [3.63, 3.8) is 0 Å². The first-order chi connectivity index (χ1) is 35.9. The molecule has 2 aliphatic rings. The zero-order valence-electron chi connectivity index (χ0n) is 57.8. The Morgan fingerprint density at radius 1 is 0.468 bits per heavy atom. The summed E-state index contributed by atoms with van der Waals surface area (Å²) in [6, 6.07) is 0. The Bertz CT molecular complexity index is 1720. The molecule has 10 heteroatoms. The van der Waals surface area contributed by atoms with Crippen LogP contribution in [0.5, 0.6) is 0 Å². The molecule has 472 valence electrons. The van der Waals surface area contributed by atoms with Crippen LogP contribution in [0.3, 0.4) is 0 Å². The number of aromatic nitrogens is 3. The zero-order valence-corrected chi connectivity index (χ0v) is 58.7. The summed E-state index contributed by atoms with van der Waals surface area (Å²) in [5.41, 5.74) is 4.09. The summed E-state index contributed by atoms with van der Waals surface area (Å²) < 4.78 is 30.5. The molecular formula is C69H141N5O4S. The Kier molecular flexibility index (Phi) is 36.9. The average Bonchev–Trinajstić information content (AvgIpc) is 3.70. The van der Waals surface area contributed by atoms with Gasteiger partial charge in [-0.15, -0.1) is 5.10 Å². The molecule has 0 bridgehead atoms. The third-order valence-corrected chi connectivity index (χ3v) is 18.3. The topological polar surface area (TPSA) is 82.0 Å². The number of ether oxygens (including phenoxy) is 3. The molecule has 3 heterocycles. The molecule has 0 aromatic carbocycles. The summed E-state index contributed by atoms with van der Waals surface area (Å²) >= 11 is 0. The third-order valence-electron chi connectivity index (χ3n) is 15.2. The number of rotatable bonds is 27. The molecule has 0 spiro atoms. The minimum atomic E-state index is -2.13. The van der Waals surface area contributed by atoms with Crippen molar-refractivity contribution < 1.29 is 18.4 Å². The monoisotopic (exact) mass is 1140 g/mol. The van der Waals surface area contributed by atoms with E-state index in [2.05, 4.69) is 171 Å². The number of nitrogens with zero attached hydrogens (tertiary/aromatic N) is 5. The second-order valence-corrected chi connectivity index (χ2v) is 37.2. The minimum Gasteiger partial charge on any atom is -0.381 e. The van der Waals surface area contributed by atoms with Crippen LogP contribution < -0.4 is 0 Å². The van der Waals surface area contributed by atoms with Crippen molar-refractivity contribution in [2.24, 2.45) is 49.7 Å². The maximum Gasteiger partial charge on any atom is 0.0832 e. The second kappa shape index (κ2) is 37.4. The van der Waals surface area contributed by atoms with E-state index in [4.69, 9.17) is 14.2 Å². The van der Waals surface area contributed by atoms with Crippen LogP contribution in [0, 0.1) is 49.7 Å². The lowest BCUT2D eigenvalue weighted by atomic mass is 9.80. The average molecular weight is 1140 g/mol. The van der Waals surface area contributed by atoms with Crippen molar-refractivity contribution in [3.05, 3.63) is 11.9 Å². The van der Waals surface area contributed by atoms with Gasteiger partial charge in [0.1, 0.15) is 0 Å². The van der Waals surface area contributed by atoms with E-state index in [-0.39, 0.29) is 10.2 Å². The highest BCUT2D eigenvalue weighted by Crippen LogP contribution is 2.32. The van der Waals surface area contributed by atoms with Crippen molar-refractivity contribution >= 4 is 15.4 Å². The summed E-state index contributed by atoms with van der Waals surface area (Å²) in [5, 5.41) is 8.30.